The fraction of sp³-hybridized carbons (Fsp3) is 0.571. The highest BCUT2D eigenvalue weighted by Gasteiger charge is 2.25. The second kappa shape index (κ2) is 8.45. The Balaban J connectivity index is 0.00000180. The van der Waals surface area contributed by atoms with Crippen LogP contribution in [-0.2, 0) is 0 Å². The minimum atomic E-state index is 0. The number of amides is 1. The zero-order valence-electron chi connectivity index (χ0n) is 11.9. The minimum Gasteiger partial charge on any atom is -0.339 e. The average molecular weight is 320 g/mol. The van der Waals surface area contributed by atoms with E-state index in [0.717, 1.165) is 31.5 Å². The van der Waals surface area contributed by atoms with Crippen LogP contribution in [0.25, 0.3) is 0 Å². The molecule has 1 atom stereocenters. The van der Waals surface area contributed by atoms with Crippen LogP contribution in [-0.4, -0.2) is 34.9 Å². The summed E-state index contributed by atoms with van der Waals surface area (Å²) < 4.78 is 0. The highest BCUT2D eigenvalue weighted by Crippen LogP contribution is 2.21. The van der Waals surface area contributed by atoms with Crippen molar-refractivity contribution in [3.05, 3.63) is 29.6 Å². The van der Waals surface area contributed by atoms with Gasteiger partial charge in [-0.2, -0.15) is 0 Å². The molecule has 114 valence electrons. The van der Waals surface area contributed by atoms with Crippen molar-refractivity contribution in [1.82, 2.24) is 9.88 Å². The van der Waals surface area contributed by atoms with Crippen LogP contribution in [0.3, 0.4) is 0 Å². The molecule has 6 heteroatoms. The normalized spacial score (nSPS) is 16.9. The van der Waals surface area contributed by atoms with E-state index in [1.54, 1.807) is 12.4 Å². The Bertz CT molecular complexity index is 432. The van der Waals surface area contributed by atoms with Crippen LogP contribution < -0.4 is 5.73 Å². The molecular formula is C14H23Cl2N3O. The zero-order valence-corrected chi connectivity index (χ0v) is 13.5. The Labute approximate surface area is 132 Å². The molecular weight excluding hydrogens is 297 g/mol. The van der Waals surface area contributed by atoms with Gasteiger partial charge in [0.25, 0.3) is 5.91 Å². The summed E-state index contributed by atoms with van der Waals surface area (Å²) in [5.74, 6) is 0.638. The summed E-state index contributed by atoms with van der Waals surface area (Å²) in [5, 5.41) is 0. The number of nitrogens with zero attached hydrogens (tertiary/aromatic N) is 2. The van der Waals surface area contributed by atoms with Gasteiger partial charge in [-0.25, -0.2) is 0 Å². The molecule has 1 aliphatic rings. The van der Waals surface area contributed by atoms with Crippen LogP contribution in [0.5, 0.6) is 0 Å². The number of halogens is 2. The predicted octanol–water partition coefficient (Wildman–Crippen LogP) is 2.43. The van der Waals surface area contributed by atoms with Gasteiger partial charge in [-0.1, -0.05) is 0 Å². The first-order chi connectivity index (χ1) is 8.58. The topological polar surface area (TPSA) is 59.2 Å². The molecule has 2 rings (SSSR count). The van der Waals surface area contributed by atoms with E-state index in [0.29, 0.717) is 11.5 Å². The molecule has 4 nitrogen and oxygen atoms in total. The minimum absolute atomic E-state index is 0. The summed E-state index contributed by atoms with van der Waals surface area (Å²) in [7, 11) is 0. The molecule has 1 saturated heterocycles. The number of hydrogen-bond acceptors (Lipinski definition) is 3. The highest BCUT2D eigenvalue weighted by atomic mass is 35.5. The van der Waals surface area contributed by atoms with E-state index in [1.807, 2.05) is 24.8 Å². The molecule has 0 radical (unpaired) electrons. The van der Waals surface area contributed by atoms with Gasteiger partial charge in [0, 0.05) is 31.5 Å². The van der Waals surface area contributed by atoms with Crippen LogP contribution in [0, 0.1) is 12.8 Å². The van der Waals surface area contributed by atoms with Crippen LogP contribution >= 0.6 is 24.8 Å². The smallest absolute Gasteiger partial charge is 0.255 e. The number of piperidine rings is 1. The van der Waals surface area contributed by atoms with Crippen molar-refractivity contribution in [2.75, 3.05) is 13.1 Å². The molecule has 0 aromatic carbocycles. The maximum absolute atomic E-state index is 12.3. The molecule has 1 unspecified atom stereocenters. The van der Waals surface area contributed by atoms with Crippen molar-refractivity contribution in [3.63, 3.8) is 0 Å². The lowest BCUT2D eigenvalue weighted by Gasteiger charge is -2.33. The third-order valence-electron chi connectivity index (χ3n) is 3.69. The molecule has 0 spiro atoms. The summed E-state index contributed by atoms with van der Waals surface area (Å²) in [6, 6.07) is 2.12. The molecule has 2 heterocycles. The standard InChI is InChI=1S/C14H21N3O.2ClH/c1-10-7-13(9-16-8-10)14(18)17-5-3-12(4-6-17)11(2)15;;/h7-9,11-12H,3-6,15H2,1-2H3;2*1H. The maximum atomic E-state index is 12.3. The van der Waals surface area contributed by atoms with Crippen LogP contribution in [0.2, 0.25) is 0 Å². The lowest BCUT2D eigenvalue weighted by atomic mass is 9.91. The molecule has 0 aliphatic carbocycles. The molecule has 20 heavy (non-hydrogen) atoms. The quantitative estimate of drug-likeness (QED) is 0.910. The lowest BCUT2D eigenvalue weighted by Crippen LogP contribution is -2.42. The number of likely N-dealkylation sites (tertiary alicyclic amines) is 1. The fourth-order valence-corrected chi connectivity index (χ4v) is 2.48. The average Bonchev–Trinajstić information content (AvgIpc) is 2.38. The number of aromatic nitrogens is 1. The number of rotatable bonds is 2. The van der Waals surface area contributed by atoms with Gasteiger partial charge in [-0.3, -0.25) is 9.78 Å². The number of hydrogen-bond donors (Lipinski definition) is 1. The predicted molar refractivity (Wildman–Crippen MR) is 85.7 cm³/mol. The molecule has 1 amide bonds. The maximum Gasteiger partial charge on any atom is 0.255 e. The first-order valence-corrected chi connectivity index (χ1v) is 6.54. The first kappa shape index (κ1) is 19.2. The summed E-state index contributed by atoms with van der Waals surface area (Å²) >= 11 is 0. The summed E-state index contributed by atoms with van der Waals surface area (Å²) in [6.45, 7) is 5.61. The van der Waals surface area contributed by atoms with Gasteiger partial charge in [0.05, 0.1) is 5.56 Å². The van der Waals surface area contributed by atoms with Crippen molar-refractivity contribution in [2.45, 2.75) is 32.7 Å². The van der Waals surface area contributed by atoms with Gasteiger partial charge in [0.2, 0.25) is 0 Å². The Kier molecular flexibility index (Phi) is 8.09. The zero-order chi connectivity index (χ0) is 13.1. The number of carbonyl (C=O) groups is 1. The lowest BCUT2D eigenvalue weighted by molar-refractivity contribution is 0.0680. The van der Waals surface area contributed by atoms with Crippen molar-refractivity contribution < 1.29 is 4.79 Å². The first-order valence-electron chi connectivity index (χ1n) is 6.54. The summed E-state index contributed by atoms with van der Waals surface area (Å²) in [6.07, 6.45) is 5.41. The van der Waals surface area contributed by atoms with E-state index in [2.05, 4.69) is 4.98 Å². The largest absolute Gasteiger partial charge is 0.339 e. The summed E-state index contributed by atoms with van der Waals surface area (Å²) in [4.78, 5) is 18.3. The van der Waals surface area contributed by atoms with Crippen molar-refractivity contribution in [3.8, 4) is 0 Å². The monoisotopic (exact) mass is 319 g/mol. The fourth-order valence-electron chi connectivity index (χ4n) is 2.48. The van der Waals surface area contributed by atoms with Gasteiger partial charge < -0.3 is 10.6 Å². The van der Waals surface area contributed by atoms with Crippen LogP contribution in [0.15, 0.2) is 18.5 Å². The van der Waals surface area contributed by atoms with Crippen LogP contribution in [0.4, 0.5) is 0 Å². The van der Waals surface area contributed by atoms with Gasteiger partial charge in [0.1, 0.15) is 0 Å². The molecule has 1 aromatic rings. The third kappa shape index (κ3) is 4.62. The summed E-state index contributed by atoms with van der Waals surface area (Å²) in [5.41, 5.74) is 7.62. The van der Waals surface area contributed by atoms with Gasteiger partial charge in [-0.05, 0) is 44.2 Å². The highest BCUT2D eigenvalue weighted by molar-refractivity contribution is 5.94. The second-order valence-electron chi connectivity index (χ2n) is 5.24. The molecule has 1 aromatic heterocycles. The van der Waals surface area contributed by atoms with E-state index in [4.69, 9.17) is 5.73 Å². The Morgan fingerprint density at radius 1 is 1.35 bits per heavy atom. The number of pyridine rings is 1. The molecule has 0 bridgehead atoms. The molecule has 1 fully saturated rings. The molecule has 0 saturated carbocycles. The third-order valence-corrected chi connectivity index (χ3v) is 3.69. The van der Waals surface area contributed by atoms with Crippen molar-refractivity contribution in [2.24, 2.45) is 11.7 Å². The van der Waals surface area contributed by atoms with E-state index in [-0.39, 0.29) is 36.8 Å². The Morgan fingerprint density at radius 3 is 2.45 bits per heavy atom. The molecule has 1 aliphatic heterocycles. The Morgan fingerprint density at radius 2 is 1.95 bits per heavy atom. The van der Waals surface area contributed by atoms with E-state index in [1.165, 1.54) is 0 Å². The number of carbonyl (C=O) groups excluding carboxylic acids is 1. The van der Waals surface area contributed by atoms with Crippen molar-refractivity contribution in [1.29, 1.82) is 0 Å². The SMILES string of the molecule is Cc1cncc(C(=O)N2CCC(C(C)N)CC2)c1.Cl.Cl. The van der Waals surface area contributed by atoms with E-state index >= 15 is 0 Å². The number of nitrogens with two attached hydrogens (primary N) is 1. The van der Waals surface area contributed by atoms with E-state index < -0.39 is 0 Å². The van der Waals surface area contributed by atoms with E-state index in [9.17, 15) is 4.79 Å². The van der Waals surface area contributed by atoms with Crippen molar-refractivity contribution >= 4 is 30.7 Å². The van der Waals surface area contributed by atoms with Crippen LogP contribution in [0.1, 0.15) is 35.7 Å². The molecule has 2 N–H and O–H groups in total. The van der Waals surface area contributed by atoms with Gasteiger partial charge >= 0.3 is 0 Å². The number of aryl methyl sites for hydroxylation is 1. The van der Waals surface area contributed by atoms with Gasteiger partial charge in [0.15, 0.2) is 0 Å². The Hall–Kier alpha value is -0.840. The van der Waals surface area contributed by atoms with Gasteiger partial charge in [-0.15, -0.1) is 24.8 Å². The second-order valence-corrected chi connectivity index (χ2v) is 5.24.